The molecule has 2 aromatic heterocycles. The van der Waals surface area contributed by atoms with E-state index in [1.807, 2.05) is 36.4 Å². The fourth-order valence-electron chi connectivity index (χ4n) is 5.50. The number of rotatable bonds is 6. The van der Waals surface area contributed by atoms with E-state index in [-0.39, 0.29) is 18.0 Å². The monoisotopic (exact) mass is 535 g/mol. The minimum Gasteiger partial charge on any atom is -0.380 e. The Hall–Kier alpha value is -4.43. The van der Waals surface area contributed by atoms with Gasteiger partial charge in [-0.2, -0.15) is 0 Å². The third-order valence-electron chi connectivity index (χ3n) is 7.37. The first kappa shape index (κ1) is 24.9. The number of piperidine rings is 1. The number of carbonyl (C=O) groups is 2. The van der Waals surface area contributed by atoms with Gasteiger partial charge in [-0.1, -0.05) is 49.6 Å². The normalized spacial score (nSPS) is 16.6. The van der Waals surface area contributed by atoms with Gasteiger partial charge in [-0.3, -0.25) is 9.69 Å². The third kappa shape index (κ3) is 4.46. The fourth-order valence-corrected chi connectivity index (χ4v) is 6.55. The number of amides is 3. The van der Waals surface area contributed by atoms with Crippen LogP contribution in [-0.2, 0) is 4.79 Å². The summed E-state index contributed by atoms with van der Waals surface area (Å²) in [6.45, 7) is 11.3. The zero-order valence-corrected chi connectivity index (χ0v) is 22.6. The molecule has 2 N–H and O–H groups in total. The van der Waals surface area contributed by atoms with Crippen LogP contribution >= 0.6 is 11.3 Å². The van der Waals surface area contributed by atoms with E-state index in [1.54, 1.807) is 16.0 Å². The molecule has 2 aliphatic heterocycles. The highest BCUT2D eigenvalue weighted by Gasteiger charge is 2.32. The predicted molar refractivity (Wildman–Crippen MR) is 159 cm³/mol. The smallest absolute Gasteiger partial charge is 0.331 e. The van der Waals surface area contributed by atoms with Crippen LogP contribution in [0.3, 0.4) is 0 Å². The summed E-state index contributed by atoms with van der Waals surface area (Å²) in [6.07, 6.45) is 4.94. The summed E-state index contributed by atoms with van der Waals surface area (Å²) in [5.41, 5.74) is 6.37. The zero-order chi connectivity index (χ0) is 27.1. The second kappa shape index (κ2) is 10.0. The summed E-state index contributed by atoms with van der Waals surface area (Å²) in [5.74, 6) is -0.0586. The van der Waals surface area contributed by atoms with Gasteiger partial charge in [0, 0.05) is 31.0 Å². The number of urea groups is 1. The number of pyridine rings is 1. The van der Waals surface area contributed by atoms with E-state index in [9.17, 15) is 9.59 Å². The van der Waals surface area contributed by atoms with Crippen molar-refractivity contribution in [3.8, 4) is 11.1 Å². The standard InChI is InChI=1S/C31H29N5O2S/c1-4-26(37)35-16-8-11-22(18-35)33-20(3)29-28-27-25(14-15-32-30(27)39-29)36(31(38)34-28)23-12-7-10-21(17-23)24-13-6-5-9-19(24)2/h4-7,9-10,12-15,17,22,33H,1,3,8,11,16,18H2,2H3,(H,34,38)/t22-/m1/s1. The van der Waals surface area contributed by atoms with Gasteiger partial charge in [-0.05, 0) is 60.7 Å². The molecule has 1 saturated heterocycles. The molecule has 4 heterocycles. The van der Waals surface area contributed by atoms with Crippen molar-refractivity contribution in [1.29, 1.82) is 0 Å². The van der Waals surface area contributed by atoms with Crippen LogP contribution in [0, 0.1) is 6.92 Å². The van der Waals surface area contributed by atoms with Crippen molar-refractivity contribution in [2.45, 2.75) is 25.8 Å². The van der Waals surface area contributed by atoms with Crippen LogP contribution in [0.5, 0.6) is 0 Å². The van der Waals surface area contributed by atoms with Gasteiger partial charge in [0.1, 0.15) is 4.83 Å². The molecule has 196 valence electrons. The molecular formula is C31H29N5O2S. The molecule has 0 bridgehead atoms. The molecule has 39 heavy (non-hydrogen) atoms. The molecule has 1 fully saturated rings. The van der Waals surface area contributed by atoms with Gasteiger partial charge in [-0.15, -0.1) is 11.3 Å². The van der Waals surface area contributed by atoms with Gasteiger partial charge in [-0.25, -0.2) is 9.78 Å². The van der Waals surface area contributed by atoms with E-state index in [2.05, 4.69) is 53.9 Å². The zero-order valence-electron chi connectivity index (χ0n) is 21.7. The average molecular weight is 536 g/mol. The van der Waals surface area contributed by atoms with Crippen molar-refractivity contribution in [2.75, 3.05) is 23.3 Å². The SMILES string of the molecule is C=CC(=O)N1CCC[C@@H](NC(=C)c2sc3nccc4c3c2NC(=O)N4c2cccc(-c3ccccc3C)c2)C1. The number of aromatic nitrogens is 1. The molecular weight excluding hydrogens is 506 g/mol. The molecule has 7 nitrogen and oxygen atoms in total. The Morgan fingerprint density at radius 2 is 2.05 bits per heavy atom. The Bertz CT molecular complexity index is 1640. The molecule has 0 saturated carbocycles. The van der Waals surface area contributed by atoms with Crippen molar-refractivity contribution < 1.29 is 9.59 Å². The Morgan fingerprint density at radius 3 is 2.87 bits per heavy atom. The van der Waals surface area contributed by atoms with E-state index in [0.29, 0.717) is 12.2 Å². The number of hydrogen-bond acceptors (Lipinski definition) is 5. The van der Waals surface area contributed by atoms with Gasteiger partial charge in [0.05, 0.1) is 27.3 Å². The molecule has 2 aliphatic rings. The first-order valence-corrected chi connectivity index (χ1v) is 13.8. The highest BCUT2D eigenvalue weighted by Crippen LogP contribution is 2.47. The molecule has 0 spiro atoms. The number of nitrogens with one attached hydrogen (secondary N) is 2. The number of hydrogen-bond donors (Lipinski definition) is 2. The van der Waals surface area contributed by atoms with Crippen molar-refractivity contribution >= 4 is 56.3 Å². The molecule has 0 unspecified atom stereocenters. The Labute approximate surface area is 231 Å². The van der Waals surface area contributed by atoms with Gasteiger partial charge in [0.2, 0.25) is 5.91 Å². The summed E-state index contributed by atoms with van der Waals surface area (Å²) < 4.78 is 0. The highest BCUT2D eigenvalue weighted by atomic mass is 32.1. The lowest BCUT2D eigenvalue weighted by atomic mass is 10.00. The average Bonchev–Trinajstić information content (AvgIpc) is 3.32. The fraction of sp³-hybridized carbons (Fsp3) is 0.194. The van der Waals surface area contributed by atoms with Crippen molar-refractivity contribution in [3.63, 3.8) is 0 Å². The van der Waals surface area contributed by atoms with Crippen LogP contribution in [-0.4, -0.2) is 41.0 Å². The van der Waals surface area contributed by atoms with Gasteiger partial charge in [0.15, 0.2) is 0 Å². The molecule has 2 aromatic carbocycles. The predicted octanol–water partition coefficient (Wildman–Crippen LogP) is 6.69. The molecule has 6 rings (SSSR count). The molecule has 0 radical (unpaired) electrons. The summed E-state index contributed by atoms with van der Waals surface area (Å²) in [7, 11) is 0. The molecule has 0 aliphatic carbocycles. The molecule has 1 atom stereocenters. The molecule has 8 heteroatoms. The van der Waals surface area contributed by atoms with E-state index in [1.165, 1.54) is 23.0 Å². The van der Waals surface area contributed by atoms with Crippen molar-refractivity contribution in [2.24, 2.45) is 0 Å². The number of carbonyl (C=O) groups excluding carboxylic acids is 2. The van der Waals surface area contributed by atoms with E-state index >= 15 is 0 Å². The third-order valence-corrected chi connectivity index (χ3v) is 8.52. The number of anilines is 3. The maximum absolute atomic E-state index is 13.6. The first-order valence-electron chi connectivity index (χ1n) is 13.0. The lowest BCUT2D eigenvalue weighted by molar-refractivity contribution is -0.127. The van der Waals surface area contributed by atoms with Gasteiger partial charge < -0.3 is 15.5 Å². The minimum atomic E-state index is -0.232. The maximum Gasteiger partial charge on any atom is 0.331 e. The van der Waals surface area contributed by atoms with E-state index in [0.717, 1.165) is 62.7 Å². The van der Waals surface area contributed by atoms with Crippen LogP contribution in [0.1, 0.15) is 23.3 Å². The summed E-state index contributed by atoms with van der Waals surface area (Å²) in [6, 6.07) is 18.0. The quantitative estimate of drug-likeness (QED) is 0.270. The van der Waals surface area contributed by atoms with Crippen LogP contribution in [0.4, 0.5) is 21.9 Å². The lowest BCUT2D eigenvalue weighted by Gasteiger charge is -2.33. The number of likely N-dealkylation sites (tertiary alicyclic amines) is 1. The second-order valence-electron chi connectivity index (χ2n) is 9.90. The summed E-state index contributed by atoms with van der Waals surface area (Å²) in [4.78, 5) is 35.6. The minimum absolute atomic E-state index is 0.0586. The maximum atomic E-state index is 13.6. The number of nitrogens with zero attached hydrogens (tertiary/aromatic N) is 3. The number of aryl methyl sites for hydroxylation is 1. The van der Waals surface area contributed by atoms with Crippen molar-refractivity contribution in [1.82, 2.24) is 15.2 Å². The highest BCUT2D eigenvalue weighted by molar-refractivity contribution is 7.20. The topological polar surface area (TPSA) is 77.6 Å². The molecule has 3 amide bonds. The van der Waals surface area contributed by atoms with Gasteiger partial charge in [0.25, 0.3) is 0 Å². The van der Waals surface area contributed by atoms with Crippen LogP contribution in [0.25, 0.3) is 27.0 Å². The number of benzene rings is 2. The summed E-state index contributed by atoms with van der Waals surface area (Å²) >= 11 is 1.50. The lowest BCUT2D eigenvalue weighted by Crippen LogP contribution is -2.46. The Morgan fingerprint density at radius 1 is 1.21 bits per heavy atom. The first-order chi connectivity index (χ1) is 18.9. The van der Waals surface area contributed by atoms with E-state index < -0.39 is 0 Å². The van der Waals surface area contributed by atoms with Crippen LogP contribution in [0.2, 0.25) is 0 Å². The summed E-state index contributed by atoms with van der Waals surface area (Å²) in [5, 5.41) is 7.53. The molecule has 4 aromatic rings. The van der Waals surface area contributed by atoms with Crippen LogP contribution < -0.4 is 15.5 Å². The van der Waals surface area contributed by atoms with Crippen molar-refractivity contribution in [3.05, 3.63) is 90.5 Å². The Kier molecular flexibility index (Phi) is 6.40. The van der Waals surface area contributed by atoms with Crippen LogP contribution in [0.15, 0.2) is 80.0 Å². The number of thiophene rings is 1. The second-order valence-corrected chi connectivity index (χ2v) is 10.9. The van der Waals surface area contributed by atoms with Gasteiger partial charge >= 0.3 is 6.03 Å². The van der Waals surface area contributed by atoms with E-state index in [4.69, 9.17) is 0 Å². The largest absolute Gasteiger partial charge is 0.380 e. The Balaban J connectivity index is 1.34.